The van der Waals surface area contributed by atoms with Crippen LogP contribution in [0.2, 0.25) is 0 Å². The Morgan fingerprint density at radius 2 is 1.93 bits per heavy atom. The Labute approximate surface area is 83.4 Å². The molecular formula is C13H8O. The molecule has 1 heterocycles. The van der Waals surface area contributed by atoms with Gasteiger partial charge in [0.15, 0.2) is 0 Å². The zero-order valence-corrected chi connectivity index (χ0v) is 7.58. The van der Waals surface area contributed by atoms with E-state index in [4.69, 9.17) is 4.74 Å². The third-order valence-corrected chi connectivity index (χ3v) is 1.75. The molecular weight excluding hydrogens is 172 g/mol. The van der Waals surface area contributed by atoms with E-state index >= 15 is 0 Å². The van der Waals surface area contributed by atoms with Crippen molar-refractivity contribution in [2.75, 3.05) is 6.61 Å². The fraction of sp³-hybridized carbons (Fsp3) is 0.0769. The Bertz CT molecular complexity index is 475. The summed E-state index contributed by atoms with van der Waals surface area (Å²) in [5.74, 6) is 12.4. The molecule has 1 aliphatic heterocycles. The summed E-state index contributed by atoms with van der Waals surface area (Å²) < 4.78 is 5.45. The number of para-hydroxylation sites is 1. The minimum absolute atomic E-state index is 0.406. The summed E-state index contributed by atoms with van der Waals surface area (Å²) in [6.45, 7) is 0.406. The standard InChI is InChI=1S/C13H8O/c1-2-4-8-12-9-5-6-10-13(12)14-11-7-3-1/h1-2,5-6,9-10H,11H2/b2-1-. The van der Waals surface area contributed by atoms with Crippen molar-refractivity contribution in [2.24, 2.45) is 0 Å². The molecule has 1 aliphatic rings. The minimum atomic E-state index is 0.406. The largest absolute Gasteiger partial charge is 0.480 e. The van der Waals surface area contributed by atoms with Crippen molar-refractivity contribution in [2.45, 2.75) is 0 Å². The monoisotopic (exact) mass is 180 g/mol. The molecule has 0 N–H and O–H groups in total. The zero-order chi connectivity index (χ0) is 9.64. The van der Waals surface area contributed by atoms with Crippen molar-refractivity contribution < 1.29 is 4.74 Å². The molecule has 0 aliphatic carbocycles. The molecule has 0 saturated carbocycles. The number of allylic oxidation sites excluding steroid dienone is 2. The second-order valence-corrected chi connectivity index (χ2v) is 2.71. The van der Waals surface area contributed by atoms with Crippen LogP contribution in [0.3, 0.4) is 0 Å². The maximum atomic E-state index is 5.45. The van der Waals surface area contributed by atoms with Crippen LogP contribution in [0.1, 0.15) is 5.56 Å². The summed E-state index contributed by atoms with van der Waals surface area (Å²) >= 11 is 0. The van der Waals surface area contributed by atoms with Gasteiger partial charge in [-0.1, -0.05) is 35.8 Å². The molecule has 0 aromatic heterocycles. The number of hydrogen-bond donors (Lipinski definition) is 0. The molecule has 1 nitrogen and oxygen atoms in total. The van der Waals surface area contributed by atoms with E-state index in [0.717, 1.165) is 11.3 Å². The number of hydrogen-bond acceptors (Lipinski definition) is 1. The lowest BCUT2D eigenvalue weighted by molar-refractivity contribution is 0.369. The van der Waals surface area contributed by atoms with Crippen LogP contribution < -0.4 is 4.74 Å². The first kappa shape index (κ1) is 8.48. The predicted molar refractivity (Wildman–Crippen MR) is 55.7 cm³/mol. The number of ether oxygens (including phenoxy) is 1. The number of rotatable bonds is 0. The molecule has 2 rings (SSSR count). The summed E-state index contributed by atoms with van der Waals surface area (Å²) in [6.07, 6.45) is 3.47. The topological polar surface area (TPSA) is 9.23 Å². The molecule has 1 aromatic rings. The highest BCUT2D eigenvalue weighted by Gasteiger charge is 1.97. The van der Waals surface area contributed by atoms with Crippen LogP contribution in [0, 0.1) is 23.7 Å². The van der Waals surface area contributed by atoms with Gasteiger partial charge in [-0.25, -0.2) is 0 Å². The highest BCUT2D eigenvalue weighted by molar-refractivity contribution is 5.48. The van der Waals surface area contributed by atoms with Gasteiger partial charge >= 0.3 is 0 Å². The first-order chi connectivity index (χ1) is 6.97. The van der Waals surface area contributed by atoms with Crippen LogP contribution >= 0.6 is 0 Å². The smallest absolute Gasteiger partial charge is 0.149 e. The van der Waals surface area contributed by atoms with Crippen molar-refractivity contribution >= 4 is 0 Å². The van der Waals surface area contributed by atoms with Crippen molar-refractivity contribution in [3.05, 3.63) is 42.0 Å². The summed E-state index contributed by atoms with van der Waals surface area (Å²) in [5, 5.41) is 0. The molecule has 0 spiro atoms. The van der Waals surface area contributed by atoms with Crippen molar-refractivity contribution in [3.8, 4) is 29.4 Å². The molecule has 0 amide bonds. The Morgan fingerprint density at radius 1 is 1.07 bits per heavy atom. The van der Waals surface area contributed by atoms with Crippen LogP contribution in [0.4, 0.5) is 0 Å². The molecule has 0 radical (unpaired) electrons. The van der Waals surface area contributed by atoms with Gasteiger partial charge in [0.1, 0.15) is 12.4 Å². The lowest BCUT2D eigenvalue weighted by atomic mass is 10.2. The Hall–Kier alpha value is -2.12. The average Bonchev–Trinajstić information content (AvgIpc) is 2.25. The number of benzene rings is 1. The highest BCUT2D eigenvalue weighted by atomic mass is 16.5. The second-order valence-electron chi connectivity index (χ2n) is 2.71. The Balaban J connectivity index is 2.42. The predicted octanol–water partition coefficient (Wildman–Crippen LogP) is 1.99. The van der Waals surface area contributed by atoms with E-state index in [9.17, 15) is 0 Å². The summed E-state index contributed by atoms with van der Waals surface area (Å²) in [5.41, 5.74) is 0.904. The van der Waals surface area contributed by atoms with Gasteiger partial charge in [0, 0.05) is 0 Å². The van der Waals surface area contributed by atoms with Crippen LogP contribution in [0.25, 0.3) is 0 Å². The molecule has 0 atom stereocenters. The lowest BCUT2D eigenvalue weighted by Gasteiger charge is -2.03. The Kier molecular flexibility index (Phi) is 2.55. The summed E-state index contributed by atoms with van der Waals surface area (Å²) in [4.78, 5) is 0. The maximum Gasteiger partial charge on any atom is 0.149 e. The molecule has 66 valence electrons. The molecule has 0 unspecified atom stereocenters. The molecule has 0 saturated heterocycles. The van der Waals surface area contributed by atoms with Gasteiger partial charge in [-0.05, 0) is 24.3 Å². The van der Waals surface area contributed by atoms with E-state index in [0.29, 0.717) is 6.61 Å². The van der Waals surface area contributed by atoms with Crippen molar-refractivity contribution in [1.82, 2.24) is 0 Å². The SMILES string of the molecule is C1#CCOc2ccccc2C#C/C=C\1. The zero-order valence-electron chi connectivity index (χ0n) is 7.58. The van der Waals surface area contributed by atoms with Crippen LogP contribution in [0.5, 0.6) is 5.75 Å². The number of fused-ring (bicyclic) bond motifs is 1. The first-order valence-corrected chi connectivity index (χ1v) is 4.33. The van der Waals surface area contributed by atoms with Crippen molar-refractivity contribution in [1.29, 1.82) is 0 Å². The van der Waals surface area contributed by atoms with Gasteiger partial charge < -0.3 is 4.74 Å². The van der Waals surface area contributed by atoms with E-state index < -0.39 is 0 Å². The average molecular weight is 180 g/mol. The third-order valence-electron chi connectivity index (χ3n) is 1.75. The van der Waals surface area contributed by atoms with Crippen LogP contribution in [0.15, 0.2) is 36.4 Å². The van der Waals surface area contributed by atoms with Gasteiger partial charge in [0.25, 0.3) is 0 Å². The van der Waals surface area contributed by atoms with Crippen LogP contribution in [-0.2, 0) is 0 Å². The fourth-order valence-electron chi connectivity index (χ4n) is 1.11. The summed E-state index contributed by atoms with van der Waals surface area (Å²) in [6, 6.07) is 7.70. The molecule has 0 fully saturated rings. The van der Waals surface area contributed by atoms with E-state index in [1.807, 2.05) is 24.3 Å². The van der Waals surface area contributed by atoms with Gasteiger partial charge in [-0.2, -0.15) is 0 Å². The van der Waals surface area contributed by atoms with Gasteiger partial charge in [0.05, 0.1) is 5.56 Å². The molecule has 0 bridgehead atoms. The molecule has 14 heavy (non-hydrogen) atoms. The highest BCUT2D eigenvalue weighted by Crippen LogP contribution is 2.16. The van der Waals surface area contributed by atoms with E-state index in [1.54, 1.807) is 12.2 Å². The van der Waals surface area contributed by atoms with Crippen molar-refractivity contribution in [3.63, 3.8) is 0 Å². The van der Waals surface area contributed by atoms with E-state index in [2.05, 4.69) is 23.7 Å². The fourth-order valence-corrected chi connectivity index (χ4v) is 1.11. The molecule has 1 aromatic carbocycles. The van der Waals surface area contributed by atoms with Gasteiger partial charge in [0.2, 0.25) is 0 Å². The maximum absolute atomic E-state index is 5.45. The second kappa shape index (κ2) is 4.21. The van der Waals surface area contributed by atoms with Gasteiger partial charge in [-0.15, -0.1) is 0 Å². The van der Waals surface area contributed by atoms with E-state index in [-0.39, 0.29) is 0 Å². The first-order valence-electron chi connectivity index (χ1n) is 4.33. The molecule has 1 heteroatoms. The van der Waals surface area contributed by atoms with Gasteiger partial charge in [-0.3, -0.25) is 0 Å². The van der Waals surface area contributed by atoms with E-state index in [1.165, 1.54) is 0 Å². The quantitative estimate of drug-likeness (QED) is 0.555. The Morgan fingerprint density at radius 3 is 2.93 bits per heavy atom. The third kappa shape index (κ3) is 1.97. The summed E-state index contributed by atoms with van der Waals surface area (Å²) in [7, 11) is 0. The lowest BCUT2D eigenvalue weighted by Crippen LogP contribution is -1.96. The minimum Gasteiger partial charge on any atom is -0.480 e. The van der Waals surface area contributed by atoms with Crippen LogP contribution in [-0.4, -0.2) is 6.61 Å². The normalized spacial score (nSPS) is 14.6.